The molecule has 8 heteroatoms. The summed E-state index contributed by atoms with van der Waals surface area (Å²) >= 11 is 0. The molecule has 1 atom stereocenters. The second kappa shape index (κ2) is 10.3. The number of aromatic nitrogens is 5. The molecule has 1 unspecified atom stereocenters. The summed E-state index contributed by atoms with van der Waals surface area (Å²) in [6.45, 7) is 7.43. The van der Waals surface area contributed by atoms with Crippen LogP contribution in [-0.2, 0) is 17.7 Å². The predicted octanol–water partition coefficient (Wildman–Crippen LogP) is 3.56. The molecular formula is C27H33N7O. The minimum Gasteiger partial charge on any atom is -0.378 e. The fourth-order valence-corrected chi connectivity index (χ4v) is 5.53. The Hall–Kier alpha value is -3.10. The molecule has 0 spiro atoms. The Bertz CT molecular complexity index is 1280. The molecule has 0 saturated carbocycles. The van der Waals surface area contributed by atoms with Crippen molar-refractivity contribution in [3.8, 4) is 0 Å². The average molecular weight is 472 g/mol. The van der Waals surface area contributed by atoms with E-state index in [1.165, 1.54) is 48.6 Å². The third-order valence-electron chi connectivity index (χ3n) is 7.52. The number of anilines is 1. The van der Waals surface area contributed by atoms with Gasteiger partial charge in [-0.3, -0.25) is 4.98 Å². The summed E-state index contributed by atoms with van der Waals surface area (Å²) < 4.78 is 7.68. The van der Waals surface area contributed by atoms with Crippen LogP contribution in [0.25, 0.3) is 21.9 Å². The molecule has 6 rings (SSSR count). The number of ether oxygens (including phenoxy) is 1. The van der Waals surface area contributed by atoms with Crippen molar-refractivity contribution in [1.29, 1.82) is 0 Å². The van der Waals surface area contributed by atoms with Crippen LogP contribution in [0.5, 0.6) is 0 Å². The Labute approximate surface area is 206 Å². The van der Waals surface area contributed by atoms with Crippen LogP contribution in [0.2, 0.25) is 0 Å². The lowest BCUT2D eigenvalue weighted by Gasteiger charge is -2.27. The highest BCUT2D eigenvalue weighted by atomic mass is 16.5. The summed E-state index contributed by atoms with van der Waals surface area (Å²) in [5.74, 6) is 1.68. The Morgan fingerprint density at radius 1 is 0.914 bits per heavy atom. The lowest BCUT2D eigenvalue weighted by molar-refractivity contribution is 0.122. The molecule has 4 aromatic rings. The van der Waals surface area contributed by atoms with Crippen molar-refractivity contribution in [3.63, 3.8) is 0 Å². The molecule has 0 bridgehead atoms. The molecule has 2 aliphatic rings. The standard InChI is InChI=1S/C27H33N7O/c1-2-21(16-22-3-4-24-18-28-7-5-23(24)17-22)6-9-32(8-1)10-11-34-20-31-25-26(29-19-30-27(25)34)33-12-14-35-15-13-33/h3-5,7,17-21H,1-2,6,8-16H2. The summed E-state index contributed by atoms with van der Waals surface area (Å²) in [5, 5.41) is 2.51. The first kappa shape index (κ1) is 22.4. The van der Waals surface area contributed by atoms with Gasteiger partial charge in [0.15, 0.2) is 17.0 Å². The number of fused-ring (bicyclic) bond motifs is 2. The second-order valence-electron chi connectivity index (χ2n) is 9.81. The van der Waals surface area contributed by atoms with Gasteiger partial charge in [-0.05, 0) is 61.7 Å². The third kappa shape index (κ3) is 4.99. The largest absolute Gasteiger partial charge is 0.378 e. The molecule has 2 aliphatic heterocycles. The van der Waals surface area contributed by atoms with Crippen LogP contribution < -0.4 is 4.90 Å². The van der Waals surface area contributed by atoms with E-state index in [0.29, 0.717) is 0 Å². The quantitative estimate of drug-likeness (QED) is 0.426. The van der Waals surface area contributed by atoms with Crippen molar-refractivity contribution in [1.82, 2.24) is 29.4 Å². The van der Waals surface area contributed by atoms with E-state index in [9.17, 15) is 0 Å². The van der Waals surface area contributed by atoms with Gasteiger partial charge < -0.3 is 19.1 Å². The van der Waals surface area contributed by atoms with Crippen LogP contribution in [-0.4, -0.2) is 75.3 Å². The zero-order valence-corrected chi connectivity index (χ0v) is 20.2. The number of imidazole rings is 1. The molecule has 0 radical (unpaired) electrons. The van der Waals surface area contributed by atoms with Crippen molar-refractivity contribution in [2.45, 2.75) is 32.2 Å². The number of benzene rings is 1. The van der Waals surface area contributed by atoms with Crippen molar-refractivity contribution in [3.05, 3.63) is 54.9 Å². The number of nitrogens with zero attached hydrogens (tertiary/aromatic N) is 7. The third-order valence-corrected chi connectivity index (χ3v) is 7.52. The molecule has 3 aromatic heterocycles. The van der Waals surface area contributed by atoms with E-state index in [-0.39, 0.29) is 0 Å². The minimum absolute atomic E-state index is 0.737. The Morgan fingerprint density at radius 2 is 1.86 bits per heavy atom. The zero-order chi connectivity index (χ0) is 23.5. The summed E-state index contributed by atoms with van der Waals surface area (Å²) in [7, 11) is 0. The van der Waals surface area contributed by atoms with Gasteiger partial charge in [0.1, 0.15) is 6.33 Å². The van der Waals surface area contributed by atoms with Crippen LogP contribution in [0.4, 0.5) is 5.82 Å². The summed E-state index contributed by atoms with van der Waals surface area (Å²) in [6.07, 6.45) is 12.4. The molecule has 0 amide bonds. The van der Waals surface area contributed by atoms with Crippen LogP contribution in [0.15, 0.2) is 49.3 Å². The van der Waals surface area contributed by atoms with Crippen LogP contribution in [0.3, 0.4) is 0 Å². The van der Waals surface area contributed by atoms with Crippen LogP contribution in [0, 0.1) is 5.92 Å². The van der Waals surface area contributed by atoms with Gasteiger partial charge in [0, 0.05) is 44.0 Å². The minimum atomic E-state index is 0.737. The topological polar surface area (TPSA) is 72.2 Å². The number of rotatable bonds is 6. The lowest BCUT2D eigenvalue weighted by atomic mass is 9.92. The Kier molecular flexibility index (Phi) is 6.55. The van der Waals surface area contributed by atoms with E-state index in [4.69, 9.17) is 4.74 Å². The van der Waals surface area contributed by atoms with Crippen LogP contribution in [0.1, 0.15) is 24.8 Å². The number of pyridine rings is 1. The molecule has 0 N–H and O–H groups in total. The SMILES string of the molecule is c1cc2cc(CC3CCCN(CCn4cnc5c(N6CCOCC6)ncnc54)CC3)ccc2cn1. The first-order chi connectivity index (χ1) is 17.3. The molecule has 182 valence electrons. The van der Waals surface area contributed by atoms with Gasteiger partial charge in [-0.15, -0.1) is 0 Å². The van der Waals surface area contributed by atoms with Gasteiger partial charge in [0.2, 0.25) is 0 Å². The van der Waals surface area contributed by atoms with Gasteiger partial charge >= 0.3 is 0 Å². The maximum atomic E-state index is 5.49. The highest BCUT2D eigenvalue weighted by Crippen LogP contribution is 2.25. The van der Waals surface area contributed by atoms with Crippen LogP contribution >= 0.6 is 0 Å². The maximum Gasteiger partial charge on any atom is 0.165 e. The number of morpholine rings is 1. The second-order valence-corrected chi connectivity index (χ2v) is 9.81. The summed E-state index contributed by atoms with van der Waals surface area (Å²) in [6, 6.07) is 8.95. The Morgan fingerprint density at radius 3 is 2.80 bits per heavy atom. The zero-order valence-electron chi connectivity index (χ0n) is 20.2. The molecule has 8 nitrogen and oxygen atoms in total. The first-order valence-electron chi connectivity index (χ1n) is 12.9. The molecule has 2 fully saturated rings. The molecule has 35 heavy (non-hydrogen) atoms. The first-order valence-corrected chi connectivity index (χ1v) is 12.9. The summed E-state index contributed by atoms with van der Waals surface area (Å²) in [4.78, 5) is 22.9. The molecule has 2 saturated heterocycles. The van der Waals surface area contributed by atoms with Crippen molar-refractivity contribution >= 4 is 27.8 Å². The lowest BCUT2D eigenvalue weighted by Crippen LogP contribution is -2.37. The Balaban J connectivity index is 1.06. The fraction of sp³-hybridized carbons (Fsp3) is 0.481. The highest BCUT2D eigenvalue weighted by Gasteiger charge is 2.20. The molecule has 5 heterocycles. The van der Waals surface area contributed by atoms with Crippen molar-refractivity contribution < 1.29 is 4.74 Å². The van der Waals surface area contributed by atoms with Gasteiger partial charge in [0.05, 0.1) is 19.5 Å². The average Bonchev–Trinajstić information content (AvgIpc) is 3.20. The maximum absolute atomic E-state index is 5.49. The van der Waals surface area contributed by atoms with Gasteiger partial charge in [0.25, 0.3) is 0 Å². The van der Waals surface area contributed by atoms with E-state index < -0.39 is 0 Å². The number of hydrogen-bond acceptors (Lipinski definition) is 7. The van der Waals surface area contributed by atoms with E-state index in [1.54, 1.807) is 6.33 Å². The predicted molar refractivity (Wildman–Crippen MR) is 138 cm³/mol. The highest BCUT2D eigenvalue weighted by molar-refractivity contribution is 5.83. The van der Waals surface area contributed by atoms with E-state index in [0.717, 1.165) is 68.8 Å². The van der Waals surface area contributed by atoms with Gasteiger partial charge in [-0.25, -0.2) is 15.0 Å². The monoisotopic (exact) mass is 471 g/mol. The smallest absolute Gasteiger partial charge is 0.165 e. The van der Waals surface area contributed by atoms with Crippen molar-refractivity contribution in [2.24, 2.45) is 5.92 Å². The van der Waals surface area contributed by atoms with E-state index >= 15 is 0 Å². The molecule has 0 aliphatic carbocycles. The molecular weight excluding hydrogens is 438 g/mol. The summed E-state index contributed by atoms with van der Waals surface area (Å²) in [5.41, 5.74) is 3.28. The van der Waals surface area contributed by atoms with E-state index in [1.807, 2.05) is 18.7 Å². The van der Waals surface area contributed by atoms with E-state index in [2.05, 4.69) is 58.6 Å². The normalized spacial score (nSPS) is 19.9. The number of likely N-dealkylation sites (tertiary alicyclic amines) is 1. The fourth-order valence-electron chi connectivity index (χ4n) is 5.53. The van der Waals surface area contributed by atoms with Crippen molar-refractivity contribution in [2.75, 3.05) is 50.8 Å². The number of hydrogen-bond donors (Lipinski definition) is 0. The molecule has 1 aromatic carbocycles. The van der Waals surface area contributed by atoms with Gasteiger partial charge in [-0.1, -0.05) is 18.2 Å². The van der Waals surface area contributed by atoms with Gasteiger partial charge in [-0.2, -0.15) is 0 Å².